The molecule has 0 unspecified atom stereocenters. The number of hydrogen-bond donors (Lipinski definition) is 1. The number of nitrogens with one attached hydrogen (secondary N) is 1. The molecule has 1 aromatic carbocycles. The van der Waals surface area contributed by atoms with E-state index in [9.17, 15) is 0 Å². The van der Waals surface area contributed by atoms with Crippen LogP contribution in [0.25, 0.3) is 11.0 Å². The number of benzene rings is 1. The summed E-state index contributed by atoms with van der Waals surface area (Å²) in [6.45, 7) is 7.29. The predicted molar refractivity (Wildman–Crippen MR) is 77.3 cm³/mol. The molecule has 98 valence electrons. The fraction of sp³-hybridized carbons (Fsp3) is 0.500. The number of aryl methyl sites for hydroxylation is 1. The zero-order valence-corrected chi connectivity index (χ0v) is 11.8. The molecule has 0 saturated heterocycles. The standard InChI is InChI=1S/C14H20ClN3/c1-3-9-18-13-6-5-11(15)10-12(13)17-14(18)7-8-16-4-2/h5-6,10,16H,3-4,7-9H2,1-2H3. The molecule has 0 aliphatic carbocycles. The molecule has 0 atom stereocenters. The Hall–Kier alpha value is -1.06. The van der Waals surface area contributed by atoms with Gasteiger partial charge in [-0.1, -0.05) is 25.4 Å². The molecule has 0 spiro atoms. The van der Waals surface area contributed by atoms with E-state index in [-0.39, 0.29) is 0 Å². The van der Waals surface area contributed by atoms with E-state index in [0.717, 1.165) is 48.8 Å². The van der Waals surface area contributed by atoms with Crippen molar-refractivity contribution < 1.29 is 0 Å². The van der Waals surface area contributed by atoms with E-state index in [0.29, 0.717) is 0 Å². The SMILES string of the molecule is CCCn1c(CCNCC)nc2cc(Cl)ccc21. The Labute approximate surface area is 113 Å². The third-order valence-electron chi connectivity index (χ3n) is 3.01. The van der Waals surface area contributed by atoms with Gasteiger partial charge in [-0.15, -0.1) is 0 Å². The second-order valence-electron chi connectivity index (χ2n) is 4.42. The summed E-state index contributed by atoms with van der Waals surface area (Å²) in [5.74, 6) is 1.15. The first kappa shape index (κ1) is 13.4. The third-order valence-corrected chi connectivity index (χ3v) is 3.25. The first-order valence-corrected chi connectivity index (χ1v) is 6.99. The Kier molecular flexibility index (Phi) is 4.61. The number of imidazole rings is 1. The molecule has 1 N–H and O–H groups in total. The molecule has 0 amide bonds. The molecule has 18 heavy (non-hydrogen) atoms. The van der Waals surface area contributed by atoms with E-state index < -0.39 is 0 Å². The highest BCUT2D eigenvalue weighted by Gasteiger charge is 2.09. The smallest absolute Gasteiger partial charge is 0.111 e. The molecule has 3 nitrogen and oxygen atoms in total. The monoisotopic (exact) mass is 265 g/mol. The first-order chi connectivity index (χ1) is 8.76. The van der Waals surface area contributed by atoms with Crippen molar-refractivity contribution in [3.63, 3.8) is 0 Å². The van der Waals surface area contributed by atoms with Gasteiger partial charge in [-0.2, -0.15) is 0 Å². The molecule has 0 aliphatic heterocycles. The maximum Gasteiger partial charge on any atom is 0.111 e. The number of fused-ring (bicyclic) bond motifs is 1. The minimum Gasteiger partial charge on any atom is -0.328 e. The maximum atomic E-state index is 6.02. The van der Waals surface area contributed by atoms with Gasteiger partial charge in [-0.25, -0.2) is 4.98 Å². The summed E-state index contributed by atoms with van der Waals surface area (Å²) >= 11 is 6.02. The van der Waals surface area contributed by atoms with Gasteiger partial charge in [-0.05, 0) is 31.2 Å². The highest BCUT2D eigenvalue weighted by molar-refractivity contribution is 6.31. The van der Waals surface area contributed by atoms with Crippen LogP contribution in [0.1, 0.15) is 26.1 Å². The van der Waals surface area contributed by atoms with Gasteiger partial charge in [-0.3, -0.25) is 0 Å². The third kappa shape index (κ3) is 2.85. The second-order valence-corrected chi connectivity index (χ2v) is 4.85. The van der Waals surface area contributed by atoms with E-state index in [1.807, 2.05) is 12.1 Å². The average molecular weight is 266 g/mol. The van der Waals surface area contributed by atoms with Crippen molar-refractivity contribution in [3.8, 4) is 0 Å². The Balaban J connectivity index is 2.34. The molecule has 0 bridgehead atoms. The molecule has 0 aliphatic rings. The van der Waals surface area contributed by atoms with Gasteiger partial charge in [0.2, 0.25) is 0 Å². The van der Waals surface area contributed by atoms with Crippen molar-refractivity contribution in [2.24, 2.45) is 0 Å². The zero-order chi connectivity index (χ0) is 13.0. The van der Waals surface area contributed by atoms with E-state index >= 15 is 0 Å². The maximum absolute atomic E-state index is 6.02. The number of halogens is 1. The Morgan fingerprint density at radius 2 is 2.17 bits per heavy atom. The van der Waals surface area contributed by atoms with Gasteiger partial charge in [0.15, 0.2) is 0 Å². The van der Waals surface area contributed by atoms with Crippen molar-refractivity contribution >= 4 is 22.6 Å². The molecule has 0 saturated carbocycles. The Morgan fingerprint density at radius 1 is 1.33 bits per heavy atom. The van der Waals surface area contributed by atoms with Crippen LogP contribution in [-0.4, -0.2) is 22.6 Å². The lowest BCUT2D eigenvalue weighted by Gasteiger charge is -2.07. The molecule has 2 rings (SSSR count). The fourth-order valence-corrected chi connectivity index (χ4v) is 2.36. The number of likely N-dealkylation sites (N-methyl/N-ethyl adjacent to an activating group) is 1. The van der Waals surface area contributed by atoms with Crippen LogP contribution in [-0.2, 0) is 13.0 Å². The highest BCUT2D eigenvalue weighted by Crippen LogP contribution is 2.21. The van der Waals surface area contributed by atoms with Gasteiger partial charge in [0.1, 0.15) is 5.82 Å². The summed E-state index contributed by atoms with van der Waals surface area (Å²) in [6, 6.07) is 5.95. The molecular weight excluding hydrogens is 246 g/mol. The van der Waals surface area contributed by atoms with Gasteiger partial charge in [0, 0.05) is 24.5 Å². The summed E-state index contributed by atoms with van der Waals surface area (Å²) in [5.41, 5.74) is 2.19. The minimum atomic E-state index is 0.752. The van der Waals surface area contributed by atoms with Crippen LogP contribution in [0.4, 0.5) is 0 Å². The molecule has 0 fully saturated rings. The summed E-state index contributed by atoms with van der Waals surface area (Å²) in [4.78, 5) is 4.70. The molecular formula is C14H20ClN3. The zero-order valence-electron chi connectivity index (χ0n) is 11.0. The average Bonchev–Trinajstić information content (AvgIpc) is 2.68. The van der Waals surface area contributed by atoms with Crippen molar-refractivity contribution in [2.75, 3.05) is 13.1 Å². The summed E-state index contributed by atoms with van der Waals surface area (Å²) < 4.78 is 2.31. The van der Waals surface area contributed by atoms with Crippen LogP contribution in [0.2, 0.25) is 5.02 Å². The van der Waals surface area contributed by atoms with Gasteiger partial charge in [0.05, 0.1) is 11.0 Å². The topological polar surface area (TPSA) is 29.9 Å². The van der Waals surface area contributed by atoms with Crippen LogP contribution in [0.3, 0.4) is 0 Å². The van der Waals surface area contributed by atoms with Crippen molar-refractivity contribution in [3.05, 3.63) is 29.0 Å². The largest absolute Gasteiger partial charge is 0.328 e. The number of rotatable bonds is 6. The highest BCUT2D eigenvalue weighted by atomic mass is 35.5. The molecule has 4 heteroatoms. The molecule has 1 aromatic heterocycles. The fourth-order valence-electron chi connectivity index (χ4n) is 2.19. The Morgan fingerprint density at radius 3 is 2.89 bits per heavy atom. The van der Waals surface area contributed by atoms with Gasteiger partial charge < -0.3 is 9.88 Å². The lowest BCUT2D eigenvalue weighted by atomic mass is 10.3. The van der Waals surface area contributed by atoms with Gasteiger partial charge >= 0.3 is 0 Å². The normalized spacial score (nSPS) is 11.3. The van der Waals surface area contributed by atoms with E-state index in [2.05, 4.69) is 29.8 Å². The quantitative estimate of drug-likeness (QED) is 0.813. The van der Waals surface area contributed by atoms with Crippen LogP contribution in [0.15, 0.2) is 18.2 Å². The predicted octanol–water partition coefficient (Wildman–Crippen LogP) is 3.25. The van der Waals surface area contributed by atoms with Crippen molar-refractivity contribution in [1.29, 1.82) is 0 Å². The van der Waals surface area contributed by atoms with E-state index in [1.165, 1.54) is 5.52 Å². The first-order valence-electron chi connectivity index (χ1n) is 6.61. The summed E-state index contributed by atoms with van der Waals surface area (Å²) in [7, 11) is 0. The molecule has 0 radical (unpaired) electrons. The second kappa shape index (κ2) is 6.21. The lowest BCUT2D eigenvalue weighted by Crippen LogP contribution is -2.18. The summed E-state index contributed by atoms with van der Waals surface area (Å²) in [5, 5.41) is 4.09. The molecule has 1 heterocycles. The van der Waals surface area contributed by atoms with Crippen LogP contribution in [0, 0.1) is 0 Å². The van der Waals surface area contributed by atoms with Crippen LogP contribution >= 0.6 is 11.6 Å². The van der Waals surface area contributed by atoms with Crippen LogP contribution in [0.5, 0.6) is 0 Å². The van der Waals surface area contributed by atoms with E-state index in [4.69, 9.17) is 16.6 Å². The number of nitrogens with zero attached hydrogens (tertiary/aromatic N) is 2. The Bertz CT molecular complexity index is 519. The molecule has 2 aromatic rings. The number of aromatic nitrogens is 2. The van der Waals surface area contributed by atoms with Gasteiger partial charge in [0.25, 0.3) is 0 Å². The number of hydrogen-bond acceptors (Lipinski definition) is 2. The van der Waals surface area contributed by atoms with E-state index in [1.54, 1.807) is 0 Å². The van der Waals surface area contributed by atoms with Crippen LogP contribution < -0.4 is 5.32 Å². The van der Waals surface area contributed by atoms with Crippen molar-refractivity contribution in [2.45, 2.75) is 33.2 Å². The lowest BCUT2D eigenvalue weighted by molar-refractivity contribution is 0.625. The van der Waals surface area contributed by atoms with Crippen molar-refractivity contribution in [1.82, 2.24) is 14.9 Å². The minimum absolute atomic E-state index is 0.752. The summed E-state index contributed by atoms with van der Waals surface area (Å²) in [6.07, 6.45) is 2.07.